The zero-order chi connectivity index (χ0) is 13.5. The first kappa shape index (κ1) is 14.0. The van der Waals surface area contributed by atoms with Crippen molar-refractivity contribution in [1.29, 1.82) is 0 Å². The highest BCUT2D eigenvalue weighted by Crippen LogP contribution is 2.28. The summed E-state index contributed by atoms with van der Waals surface area (Å²) in [5, 5.41) is 21.7. The van der Waals surface area contributed by atoms with Gasteiger partial charge in [0.25, 0.3) is 5.69 Å². The second kappa shape index (κ2) is 6.65. The van der Waals surface area contributed by atoms with E-state index in [2.05, 4.69) is 5.16 Å². The number of hydrogen-bond donors (Lipinski definition) is 2. The molecule has 0 aromatic heterocycles. The molecule has 1 aromatic rings. The summed E-state index contributed by atoms with van der Waals surface area (Å²) in [7, 11) is 0. The normalized spacial score (nSPS) is 11.3. The minimum atomic E-state index is -0.565. The van der Waals surface area contributed by atoms with Gasteiger partial charge in [0.2, 0.25) is 0 Å². The van der Waals surface area contributed by atoms with Gasteiger partial charge < -0.3 is 15.7 Å². The highest BCUT2D eigenvalue weighted by molar-refractivity contribution is 6.32. The lowest BCUT2D eigenvalue weighted by Gasteiger charge is -2.06. The largest absolute Gasteiger partial charge is 0.494 e. The number of halogens is 1. The third-order valence-electron chi connectivity index (χ3n) is 2.09. The molecule has 7 nitrogen and oxygen atoms in total. The average Bonchev–Trinajstić information content (AvgIpc) is 2.34. The molecule has 98 valence electrons. The van der Waals surface area contributed by atoms with Crippen LogP contribution in [0.1, 0.15) is 12.8 Å². The molecule has 8 heteroatoms. The van der Waals surface area contributed by atoms with Crippen LogP contribution in [0.15, 0.2) is 23.4 Å². The van der Waals surface area contributed by atoms with E-state index in [9.17, 15) is 10.1 Å². The lowest BCUT2D eigenvalue weighted by molar-refractivity contribution is -0.384. The maximum absolute atomic E-state index is 10.5. The van der Waals surface area contributed by atoms with Crippen molar-refractivity contribution in [2.45, 2.75) is 12.8 Å². The van der Waals surface area contributed by atoms with Gasteiger partial charge in [-0.3, -0.25) is 10.1 Å². The van der Waals surface area contributed by atoms with Gasteiger partial charge >= 0.3 is 0 Å². The smallest absolute Gasteiger partial charge is 0.288 e. The fraction of sp³-hybridized carbons (Fsp3) is 0.300. The molecule has 0 fully saturated rings. The summed E-state index contributed by atoms with van der Waals surface area (Å²) >= 11 is 5.72. The molecular formula is C10H12ClN3O4. The molecule has 0 aliphatic carbocycles. The minimum Gasteiger partial charge on any atom is -0.494 e. The summed E-state index contributed by atoms with van der Waals surface area (Å²) < 4.78 is 5.32. The molecule has 1 rings (SSSR count). The second-order valence-electron chi connectivity index (χ2n) is 3.41. The van der Waals surface area contributed by atoms with Crippen LogP contribution in [0, 0.1) is 10.1 Å². The molecule has 0 unspecified atom stereocenters. The van der Waals surface area contributed by atoms with Crippen LogP contribution in [0.3, 0.4) is 0 Å². The van der Waals surface area contributed by atoms with Gasteiger partial charge in [0.05, 0.1) is 11.5 Å². The predicted octanol–water partition coefficient (Wildman–Crippen LogP) is 2.15. The van der Waals surface area contributed by atoms with Gasteiger partial charge in [-0.2, -0.15) is 0 Å². The third kappa shape index (κ3) is 4.10. The van der Waals surface area contributed by atoms with Gasteiger partial charge in [0.15, 0.2) is 0 Å². The number of rotatable bonds is 6. The van der Waals surface area contributed by atoms with Gasteiger partial charge in [0, 0.05) is 18.6 Å². The zero-order valence-electron chi connectivity index (χ0n) is 9.38. The van der Waals surface area contributed by atoms with E-state index in [1.165, 1.54) is 18.2 Å². The minimum absolute atomic E-state index is 0.0222. The number of oxime groups is 1. The Hall–Kier alpha value is -2.02. The van der Waals surface area contributed by atoms with Gasteiger partial charge in [-0.1, -0.05) is 16.8 Å². The Morgan fingerprint density at radius 2 is 2.33 bits per heavy atom. The molecule has 0 spiro atoms. The number of amidine groups is 1. The summed E-state index contributed by atoms with van der Waals surface area (Å²) in [6.45, 7) is 0.338. The monoisotopic (exact) mass is 273 g/mol. The highest BCUT2D eigenvalue weighted by atomic mass is 35.5. The van der Waals surface area contributed by atoms with Crippen LogP contribution in [0.2, 0.25) is 5.02 Å². The fourth-order valence-electron chi connectivity index (χ4n) is 1.22. The lowest BCUT2D eigenvalue weighted by atomic mass is 10.3. The van der Waals surface area contributed by atoms with Crippen molar-refractivity contribution >= 4 is 23.1 Å². The molecule has 0 amide bonds. The van der Waals surface area contributed by atoms with E-state index in [0.29, 0.717) is 25.2 Å². The van der Waals surface area contributed by atoms with Crippen molar-refractivity contribution in [2.75, 3.05) is 6.61 Å². The fourth-order valence-corrected chi connectivity index (χ4v) is 1.46. The van der Waals surface area contributed by atoms with Gasteiger partial charge in [0.1, 0.15) is 16.6 Å². The highest BCUT2D eigenvalue weighted by Gasteiger charge is 2.12. The van der Waals surface area contributed by atoms with Crippen molar-refractivity contribution in [2.24, 2.45) is 10.9 Å². The quantitative estimate of drug-likeness (QED) is 0.206. The van der Waals surface area contributed by atoms with Crippen molar-refractivity contribution in [1.82, 2.24) is 0 Å². The van der Waals surface area contributed by atoms with Crippen molar-refractivity contribution in [3.8, 4) is 5.75 Å². The van der Waals surface area contributed by atoms with E-state index >= 15 is 0 Å². The topological polar surface area (TPSA) is 111 Å². The predicted molar refractivity (Wildman–Crippen MR) is 66.2 cm³/mol. The van der Waals surface area contributed by atoms with Crippen LogP contribution >= 0.6 is 11.6 Å². The molecule has 0 aliphatic rings. The van der Waals surface area contributed by atoms with Crippen LogP contribution in [-0.4, -0.2) is 22.6 Å². The Bertz CT molecular complexity index is 464. The van der Waals surface area contributed by atoms with Crippen LogP contribution in [-0.2, 0) is 0 Å². The summed E-state index contributed by atoms with van der Waals surface area (Å²) in [4.78, 5) is 9.97. The Morgan fingerprint density at radius 1 is 1.61 bits per heavy atom. The first-order valence-corrected chi connectivity index (χ1v) is 5.45. The van der Waals surface area contributed by atoms with E-state index in [0.717, 1.165) is 0 Å². The molecule has 0 atom stereocenters. The Kier molecular flexibility index (Phi) is 5.19. The summed E-state index contributed by atoms with van der Waals surface area (Å²) in [6.07, 6.45) is 0.960. The maximum atomic E-state index is 10.5. The molecule has 0 saturated carbocycles. The van der Waals surface area contributed by atoms with E-state index in [1.807, 2.05) is 0 Å². The lowest BCUT2D eigenvalue weighted by Crippen LogP contribution is -2.12. The standard InChI is InChI=1S/C10H12ClN3O4/c11-8-6-7(3-4-9(8)14(16)17)18-5-1-2-10(12)13-15/h3-4,6,15H,1-2,5H2,(H2,12,13). The van der Waals surface area contributed by atoms with Gasteiger partial charge in [-0.05, 0) is 12.5 Å². The SMILES string of the molecule is N/C(CCCOc1ccc([N+](=O)[O-])c(Cl)c1)=N\O. The molecule has 0 heterocycles. The molecule has 0 saturated heterocycles. The van der Waals surface area contributed by atoms with Gasteiger partial charge in [-0.15, -0.1) is 0 Å². The molecular weight excluding hydrogens is 262 g/mol. The molecule has 0 bridgehead atoms. The Morgan fingerprint density at radius 3 is 2.89 bits per heavy atom. The van der Waals surface area contributed by atoms with Crippen molar-refractivity contribution in [3.63, 3.8) is 0 Å². The number of nitrogens with zero attached hydrogens (tertiary/aromatic N) is 2. The van der Waals surface area contributed by atoms with Crippen LogP contribution in [0.5, 0.6) is 5.75 Å². The van der Waals surface area contributed by atoms with E-state index in [4.69, 9.17) is 27.3 Å². The first-order chi connectivity index (χ1) is 8.54. The summed E-state index contributed by atoms with van der Waals surface area (Å²) in [5.74, 6) is 0.561. The number of nitro benzene ring substituents is 1. The molecule has 0 aliphatic heterocycles. The van der Waals surface area contributed by atoms with E-state index < -0.39 is 4.92 Å². The molecule has 0 radical (unpaired) electrons. The number of nitrogens with two attached hydrogens (primary N) is 1. The van der Waals surface area contributed by atoms with Crippen molar-refractivity contribution in [3.05, 3.63) is 33.3 Å². The summed E-state index contributed by atoms with van der Waals surface area (Å²) in [6, 6.07) is 4.12. The third-order valence-corrected chi connectivity index (χ3v) is 2.39. The zero-order valence-corrected chi connectivity index (χ0v) is 10.1. The van der Waals surface area contributed by atoms with Crippen molar-refractivity contribution < 1.29 is 14.9 Å². The Balaban J connectivity index is 2.49. The number of ether oxygens (including phenoxy) is 1. The number of hydrogen-bond acceptors (Lipinski definition) is 5. The van der Waals surface area contributed by atoms with Crippen LogP contribution in [0.4, 0.5) is 5.69 Å². The van der Waals surface area contributed by atoms with Crippen LogP contribution < -0.4 is 10.5 Å². The molecule has 3 N–H and O–H groups in total. The van der Waals surface area contributed by atoms with Crippen LogP contribution in [0.25, 0.3) is 0 Å². The Labute approximate surface area is 108 Å². The summed E-state index contributed by atoms with van der Waals surface area (Å²) in [5.41, 5.74) is 5.11. The van der Waals surface area contributed by atoms with E-state index in [-0.39, 0.29) is 16.5 Å². The number of nitro groups is 1. The maximum Gasteiger partial charge on any atom is 0.288 e. The molecule has 18 heavy (non-hydrogen) atoms. The van der Waals surface area contributed by atoms with E-state index in [1.54, 1.807) is 0 Å². The average molecular weight is 274 g/mol. The number of benzene rings is 1. The first-order valence-electron chi connectivity index (χ1n) is 5.07. The van der Waals surface area contributed by atoms with Gasteiger partial charge in [-0.25, -0.2) is 0 Å². The second-order valence-corrected chi connectivity index (χ2v) is 3.82. The molecule has 1 aromatic carbocycles.